The molecular weight excluding hydrogens is 289 g/mol. The highest BCUT2D eigenvalue weighted by Crippen LogP contribution is 2.22. The van der Waals surface area contributed by atoms with E-state index in [0.29, 0.717) is 5.02 Å². The first-order valence-electron chi connectivity index (χ1n) is 5.78. The van der Waals surface area contributed by atoms with E-state index in [9.17, 15) is 9.59 Å². The zero-order chi connectivity index (χ0) is 14.6. The van der Waals surface area contributed by atoms with Gasteiger partial charge in [-0.25, -0.2) is 0 Å². The van der Waals surface area contributed by atoms with Crippen LogP contribution in [0.25, 0.3) is 0 Å². The van der Waals surface area contributed by atoms with E-state index in [4.69, 9.17) is 28.3 Å². The highest BCUT2D eigenvalue weighted by Gasteiger charge is 2.25. The van der Waals surface area contributed by atoms with Crippen LogP contribution in [0.4, 0.5) is 0 Å². The van der Waals surface area contributed by atoms with Crippen LogP contribution in [0.3, 0.4) is 0 Å². The van der Waals surface area contributed by atoms with Gasteiger partial charge in [-0.1, -0.05) is 37.0 Å². The van der Waals surface area contributed by atoms with Gasteiger partial charge in [0.1, 0.15) is 0 Å². The maximum absolute atomic E-state index is 12.3. The fourth-order valence-electron chi connectivity index (χ4n) is 1.68. The summed E-state index contributed by atoms with van der Waals surface area (Å²) in [6.45, 7) is 3.68. The average Bonchev–Trinajstić information content (AvgIpc) is 2.26. The second kappa shape index (κ2) is 6.89. The molecule has 0 radical (unpaired) electrons. The monoisotopic (exact) mass is 303 g/mol. The number of carboxylic acids is 1. The van der Waals surface area contributed by atoms with E-state index in [-0.39, 0.29) is 28.8 Å². The van der Waals surface area contributed by atoms with E-state index in [2.05, 4.69) is 5.32 Å². The molecule has 0 aliphatic heterocycles. The van der Waals surface area contributed by atoms with Gasteiger partial charge in [-0.05, 0) is 18.2 Å². The second-order valence-electron chi connectivity index (χ2n) is 4.46. The zero-order valence-corrected chi connectivity index (χ0v) is 12.1. The number of carbonyl (C=O) groups is 2. The number of benzene rings is 1. The molecule has 19 heavy (non-hydrogen) atoms. The van der Waals surface area contributed by atoms with E-state index in [0.717, 1.165) is 0 Å². The highest BCUT2D eigenvalue weighted by molar-refractivity contribution is 6.37. The lowest BCUT2D eigenvalue weighted by Crippen LogP contribution is -2.42. The van der Waals surface area contributed by atoms with Crippen LogP contribution in [0.1, 0.15) is 30.6 Å². The number of Topliss-reactive ketones (excluding diaryl/α,β-unsaturated/α-hetero) is 1. The van der Waals surface area contributed by atoms with Gasteiger partial charge in [0.25, 0.3) is 0 Å². The lowest BCUT2D eigenvalue weighted by molar-refractivity contribution is -0.137. The SMILES string of the molecule is CC(C)NC(CC(=O)O)C(=O)c1ccc(Cl)cc1Cl. The minimum Gasteiger partial charge on any atom is -0.481 e. The molecule has 0 saturated heterocycles. The number of hydrogen-bond acceptors (Lipinski definition) is 3. The molecular formula is C13H15Cl2NO3. The average molecular weight is 304 g/mol. The van der Waals surface area contributed by atoms with Gasteiger partial charge in [-0.15, -0.1) is 0 Å². The Morgan fingerprint density at radius 1 is 1.32 bits per heavy atom. The van der Waals surface area contributed by atoms with Gasteiger partial charge in [0, 0.05) is 16.6 Å². The van der Waals surface area contributed by atoms with Crippen LogP contribution in [-0.4, -0.2) is 28.9 Å². The zero-order valence-electron chi connectivity index (χ0n) is 10.6. The Morgan fingerprint density at radius 3 is 2.42 bits per heavy atom. The molecule has 104 valence electrons. The number of carboxylic acid groups (broad SMARTS) is 1. The van der Waals surface area contributed by atoms with Crippen LogP contribution in [0.2, 0.25) is 10.0 Å². The number of aliphatic carboxylic acids is 1. The number of nitrogens with one attached hydrogen (secondary N) is 1. The molecule has 0 spiro atoms. The molecule has 0 fully saturated rings. The Kier molecular flexibility index (Phi) is 5.79. The van der Waals surface area contributed by atoms with Gasteiger partial charge in [0.05, 0.1) is 17.5 Å². The van der Waals surface area contributed by atoms with Crippen molar-refractivity contribution in [2.24, 2.45) is 0 Å². The minimum atomic E-state index is -1.04. The molecule has 0 aliphatic carbocycles. The highest BCUT2D eigenvalue weighted by atomic mass is 35.5. The molecule has 0 aromatic heterocycles. The van der Waals surface area contributed by atoms with Crippen molar-refractivity contribution in [2.75, 3.05) is 0 Å². The van der Waals surface area contributed by atoms with Gasteiger partial charge in [0.2, 0.25) is 0 Å². The first-order valence-corrected chi connectivity index (χ1v) is 6.54. The fourth-order valence-corrected chi connectivity index (χ4v) is 2.18. The van der Waals surface area contributed by atoms with Crippen LogP contribution in [-0.2, 0) is 4.79 Å². The summed E-state index contributed by atoms with van der Waals surface area (Å²) in [6, 6.07) is 3.69. The van der Waals surface area contributed by atoms with E-state index >= 15 is 0 Å². The second-order valence-corrected chi connectivity index (χ2v) is 5.30. The van der Waals surface area contributed by atoms with Crippen molar-refractivity contribution in [1.82, 2.24) is 5.32 Å². The van der Waals surface area contributed by atoms with Crippen molar-refractivity contribution in [3.8, 4) is 0 Å². The molecule has 0 saturated carbocycles. The largest absolute Gasteiger partial charge is 0.481 e. The summed E-state index contributed by atoms with van der Waals surface area (Å²) in [7, 11) is 0. The van der Waals surface area contributed by atoms with Crippen molar-refractivity contribution < 1.29 is 14.7 Å². The molecule has 0 aliphatic rings. The molecule has 1 atom stereocenters. The maximum Gasteiger partial charge on any atom is 0.305 e. The van der Waals surface area contributed by atoms with Crippen LogP contribution in [0, 0.1) is 0 Å². The van der Waals surface area contributed by atoms with Gasteiger partial charge in [-0.2, -0.15) is 0 Å². The molecule has 0 heterocycles. The lowest BCUT2D eigenvalue weighted by atomic mass is 10.0. The lowest BCUT2D eigenvalue weighted by Gasteiger charge is -2.19. The Balaban J connectivity index is 3.00. The topological polar surface area (TPSA) is 66.4 Å². The van der Waals surface area contributed by atoms with Crippen LogP contribution in [0.5, 0.6) is 0 Å². The first kappa shape index (κ1) is 16.0. The van der Waals surface area contributed by atoms with Crippen LogP contribution in [0.15, 0.2) is 18.2 Å². The van der Waals surface area contributed by atoms with Crippen LogP contribution >= 0.6 is 23.2 Å². The summed E-state index contributed by atoms with van der Waals surface area (Å²) in [6.07, 6.45) is -0.296. The predicted molar refractivity (Wildman–Crippen MR) is 75.1 cm³/mol. The molecule has 0 bridgehead atoms. The molecule has 0 amide bonds. The third kappa shape index (κ3) is 4.82. The van der Waals surface area contributed by atoms with Crippen molar-refractivity contribution in [3.05, 3.63) is 33.8 Å². The Bertz CT molecular complexity index is 489. The van der Waals surface area contributed by atoms with Crippen molar-refractivity contribution in [3.63, 3.8) is 0 Å². The molecule has 1 rings (SSSR count). The number of carbonyl (C=O) groups excluding carboxylic acids is 1. The van der Waals surface area contributed by atoms with E-state index in [1.807, 2.05) is 13.8 Å². The van der Waals surface area contributed by atoms with Gasteiger partial charge < -0.3 is 10.4 Å². The summed E-state index contributed by atoms with van der Waals surface area (Å²) >= 11 is 11.7. The Labute approximate surface area is 121 Å². The van der Waals surface area contributed by atoms with Gasteiger partial charge in [0.15, 0.2) is 5.78 Å². The first-order chi connectivity index (χ1) is 8.81. The predicted octanol–water partition coefficient (Wildman–Crippen LogP) is 3.02. The molecule has 1 unspecified atom stereocenters. The fraction of sp³-hybridized carbons (Fsp3) is 0.385. The molecule has 6 heteroatoms. The van der Waals surface area contributed by atoms with Crippen molar-refractivity contribution in [1.29, 1.82) is 0 Å². The minimum absolute atomic E-state index is 0.0145. The van der Waals surface area contributed by atoms with E-state index < -0.39 is 12.0 Å². The summed E-state index contributed by atoms with van der Waals surface area (Å²) < 4.78 is 0. The Hall–Kier alpha value is -1.10. The van der Waals surface area contributed by atoms with Crippen LogP contribution < -0.4 is 5.32 Å². The quantitative estimate of drug-likeness (QED) is 0.793. The normalized spacial score (nSPS) is 12.5. The number of hydrogen-bond donors (Lipinski definition) is 2. The molecule has 1 aromatic rings. The summed E-state index contributed by atoms with van der Waals surface area (Å²) in [5.41, 5.74) is 0.269. The molecule has 1 aromatic carbocycles. The number of rotatable bonds is 6. The summed E-state index contributed by atoms with van der Waals surface area (Å²) in [4.78, 5) is 23.1. The summed E-state index contributed by atoms with van der Waals surface area (Å²) in [5, 5.41) is 12.4. The van der Waals surface area contributed by atoms with Crippen molar-refractivity contribution >= 4 is 35.0 Å². The number of ketones is 1. The third-order valence-corrected chi connectivity index (χ3v) is 2.97. The third-order valence-electron chi connectivity index (χ3n) is 2.43. The summed E-state index contributed by atoms with van der Waals surface area (Å²) in [5.74, 6) is -1.39. The standard InChI is InChI=1S/C13H15Cl2NO3/c1-7(2)16-11(6-12(17)18)13(19)9-4-3-8(14)5-10(9)15/h3-5,7,11,16H,6H2,1-2H3,(H,17,18). The van der Waals surface area contributed by atoms with Crippen molar-refractivity contribution in [2.45, 2.75) is 32.4 Å². The van der Waals surface area contributed by atoms with E-state index in [1.165, 1.54) is 12.1 Å². The van der Waals surface area contributed by atoms with E-state index in [1.54, 1.807) is 6.07 Å². The van der Waals surface area contributed by atoms with Gasteiger partial charge >= 0.3 is 5.97 Å². The van der Waals surface area contributed by atoms with Gasteiger partial charge in [-0.3, -0.25) is 9.59 Å². The smallest absolute Gasteiger partial charge is 0.305 e. The Morgan fingerprint density at radius 2 is 1.95 bits per heavy atom. The molecule has 2 N–H and O–H groups in total. The molecule has 4 nitrogen and oxygen atoms in total. The number of halogens is 2. The maximum atomic E-state index is 12.3.